The average molecular weight is 308 g/mol. The number of halogens is 2. The molecule has 2 aromatic carbocycles. The Balaban J connectivity index is 2.27. The molecule has 0 spiro atoms. The highest BCUT2D eigenvalue weighted by atomic mass is 35.5. The highest BCUT2D eigenvalue weighted by Crippen LogP contribution is 2.24. The van der Waals surface area contributed by atoms with Crippen LogP contribution in [0.5, 0.6) is 0 Å². The van der Waals surface area contributed by atoms with Crippen molar-refractivity contribution in [2.45, 2.75) is 6.92 Å². The molecule has 0 unspecified atom stereocenters. The van der Waals surface area contributed by atoms with Gasteiger partial charge >= 0.3 is 0 Å². The van der Waals surface area contributed by atoms with E-state index in [0.29, 0.717) is 11.3 Å². The number of hydrazone groups is 1. The van der Waals surface area contributed by atoms with Gasteiger partial charge in [0.2, 0.25) is 0 Å². The predicted octanol–water partition coefficient (Wildman–Crippen LogP) is 4.22. The molecule has 0 fully saturated rings. The number of hydrogen-bond donors (Lipinski definition) is 1. The van der Waals surface area contributed by atoms with E-state index in [9.17, 15) is 14.5 Å². The first-order chi connectivity index (χ1) is 9.99. The maximum absolute atomic E-state index is 13.0. The lowest BCUT2D eigenvalue weighted by atomic mass is 10.1. The van der Waals surface area contributed by atoms with E-state index in [1.807, 2.05) is 0 Å². The van der Waals surface area contributed by atoms with Gasteiger partial charge in [-0.1, -0.05) is 23.7 Å². The molecule has 0 aliphatic heterocycles. The number of nitrogens with zero attached hydrogens (tertiary/aromatic N) is 2. The zero-order valence-corrected chi connectivity index (χ0v) is 11.8. The van der Waals surface area contributed by atoms with Gasteiger partial charge in [-0.25, -0.2) is 4.39 Å². The van der Waals surface area contributed by atoms with Gasteiger partial charge < -0.3 is 0 Å². The van der Waals surface area contributed by atoms with Crippen LogP contribution in [-0.4, -0.2) is 10.6 Å². The molecule has 1 N–H and O–H groups in total. The van der Waals surface area contributed by atoms with Crippen LogP contribution in [0.4, 0.5) is 15.8 Å². The Hall–Kier alpha value is -2.47. The lowest BCUT2D eigenvalue weighted by molar-refractivity contribution is -0.384. The number of nitrogens with one attached hydrogen (secondary N) is 1. The van der Waals surface area contributed by atoms with Crippen LogP contribution in [0.2, 0.25) is 5.02 Å². The minimum absolute atomic E-state index is 0.0840. The quantitative estimate of drug-likeness (QED) is 0.522. The summed E-state index contributed by atoms with van der Waals surface area (Å²) in [5, 5.41) is 15.2. The third kappa shape index (κ3) is 3.55. The third-order valence-corrected chi connectivity index (χ3v) is 3.08. The summed E-state index contributed by atoms with van der Waals surface area (Å²) >= 11 is 5.93. The third-order valence-electron chi connectivity index (χ3n) is 2.77. The Kier molecular flexibility index (Phi) is 4.49. The minimum atomic E-state index is -0.502. The van der Waals surface area contributed by atoms with E-state index in [4.69, 9.17) is 11.6 Å². The van der Waals surface area contributed by atoms with Gasteiger partial charge in [0.25, 0.3) is 5.69 Å². The van der Waals surface area contributed by atoms with Crippen molar-refractivity contribution in [1.82, 2.24) is 0 Å². The molecule has 0 heterocycles. The van der Waals surface area contributed by atoms with Crippen molar-refractivity contribution in [2.24, 2.45) is 5.10 Å². The molecule has 0 aliphatic carbocycles. The summed E-state index contributed by atoms with van der Waals surface area (Å²) in [4.78, 5) is 10.4. The summed E-state index contributed by atoms with van der Waals surface area (Å²) < 4.78 is 13.0. The Morgan fingerprint density at radius 3 is 2.71 bits per heavy atom. The summed E-state index contributed by atoms with van der Waals surface area (Å²) in [6, 6.07) is 10.1. The van der Waals surface area contributed by atoms with Crippen molar-refractivity contribution >= 4 is 28.7 Å². The van der Waals surface area contributed by atoms with E-state index < -0.39 is 10.7 Å². The smallest absolute Gasteiger partial charge is 0.271 e. The summed E-state index contributed by atoms with van der Waals surface area (Å²) in [5.41, 5.74) is 3.84. The second-order valence-electron chi connectivity index (χ2n) is 4.21. The second kappa shape index (κ2) is 6.32. The van der Waals surface area contributed by atoms with E-state index in [1.54, 1.807) is 25.1 Å². The normalized spacial score (nSPS) is 11.3. The van der Waals surface area contributed by atoms with Crippen molar-refractivity contribution in [3.63, 3.8) is 0 Å². The molecule has 108 valence electrons. The molecule has 21 heavy (non-hydrogen) atoms. The zero-order valence-electron chi connectivity index (χ0n) is 11.0. The van der Waals surface area contributed by atoms with Crippen molar-refractivity contribution in [1.29, 1.82) is 0 Å². The Morgan fingerprint density at radius 2 is 2.05 bits per heavy atom. The summed E-state index contributed by atoms with van der Waals surface area (Å²) in [7, 11) is 0. The number of nitro groups is 1. The predicted molar refractivity (Wildman–Crippen MR) is 80.3 cm³/mol. The first kappa shape index (κ1) is 14.9. The molecule has 0 saturated carbocycles. The van der Waals surface area contributed by atoms with E-state index in [2.05, 4.69) is 10.5 Å². The first-order valence-corrected chi connectivity index (χ1v) is 6.36. The van der Waals surface area contributed by atoms with E-state index >= 15 is 0 Å². The molecular formula is C14H11ClFN3O2. The van der Waals surface area contributed by atoms with Gasteiger partial charge in [-0.2, -0.15) is 5.10 Å². The lowest BCUT2D eigenvalue weighted by Crippen LogP contribution is -2.02. The molecule has 0 saturated heterocycles. The fraction of sp³-hybridized carbons (Fsp3) is 0.0714. The number of nitro benzene ring substituents is 1. The lowest BCUT2D eigenvalue weighted by Gasteiger charge is -2.06. The van der Waals surface area contributed by atoms with Crippen LogP contribution in [0.1, 0.15) is 12.5 Å². The second-order valence-corrected chi connectivity index (χ2v) is 4.61. The molecule has 0 atom stereocenters. The van der Waals surface area contributed by atoms with Crippen molar-refractivity contribution in [2.75, 3.05) is 5.43 Å². The van der Waals surface area contributed by atoms with E-state index in [1.165, 1.54) is 24.3 Å². The Morgan fingerprint density at radius 1 is 1.33 bits per heavy atom. The molecular weight excluding hydrogens is 297 g/mol. The molecule has 2 aromatic rings. The molecule has 2 rings (SSSR count). The van der Waals surface area contributed by atoms with Gasteiger partial charge in [0.1, 0.15) is 11.5 Å². The largest absolute Gasteiger partial charge is 0.294 e. The van der Waals surface area contributed by atoms with Gasteiger partial charge in [-0.05, 0) is 31.2 Å². The van der Waals surface area contributed by atoms with Gasteiger partial charge in [0.15, 0.2) is 0 Å². The number of para-hydroxylation sites is 2. The Bertz CT molecular complexity index is 719. The van der Waals surface area contributed by atoms with Crippen LogP contribution in [-0.2, 0) is 0 Å². The zero-order chi connectivity index (χ0) is 15.4. The van der Waals surface area contributed by atoms with Gasteiger partial charge in [0.05, 0.1) is 15.7 Å². The van der Waals surface area contributed by atoms with Crippen molar-refractivity contribution in [3.8, 4) is 0 Å². The van der Waals surface area contributed by atoms with Gasteiger partial charge in [-0.3, -0.25) is 15.5 Å². The van der Waals surface area contributed by atoms with Crippen LogP contribution < -0.4 is 5.43 Å². The maximum Gasteiger partial charge on any atom is 0.294 e. The van der Waals surface area contributed by atoms with Crippen LogP contribution in [0.15, 0.2) is 47.6 Å². The first-order valence-electron chi connectivity index (χ1n) is 5.98. The van der Waals surface area contributed by atoms with Crippen LogP contribution >= 0.6 is 11.6 Å². The highest BCUT2D eigenvalue weighted by Gasteiger charge is 2.12. The Labute approximate surface area is 125 Å². The highest BCUT2D eigenvalue weighted by molar-refractivity contribution is 6.34. The molecule has 0 aliphatic rings. The van der Waals surface area contributed by atoms with Crippen molar-refractivity contribution in [3.05, 3.63) is 69.0 Å². The topological polar surface area (TPSA) is 67.5 Å². The van der Waals surface area contributed by atoms with E-state index in [-0.39, 0.29) is 16.4 Å². The summed E-state index contributed by atoms with van der Waals surface area (Å²) in [6.07, 6.45) is 0. The van der Waals surface area contributed by atoms with Crippen LogP contribution in [0, 0.1) is 15.9 Å². The monoisotopic (exact) mass is 307 g/mol. The molecule has 0 radical (unpaired) electrons. The molecule has 0 aromatic heterocycles. The van der Waals surface area contributed by atoms with Crippen LogP contribution in [0.3, 0.4) is 0 Å². The van der Waals surface area contributed by atoms with Crippen molar-refractivity contribution < 1.29 is 9.31 Å². The van der Waals surface area contributed by atoms with Gasteiger partial charge in [0, 0.05) is 11.6 Å². The summed E-state index contributed by atoms with van der Waals surface area (Å²) in [6.45, 7) is 1.67. The number of hydrogen-bond acceptors (Lipinski definition) is 4. The molecule has 5 nitrogen and oxygen atoms in total. The fourth-order valence-corrected chi connectivity index (χ4v) is 2.02. The SMILES string of the molecule is C/C(=N/Nc1ccccc1[N+](=O)[O-])c1ccc(F)cc1Cl. The van der Waals surface area contributed by atoms with Crippen LogP contribution in [0.25, 0.3) is 0 Å². The minimum Gasteiger partial charge on any atom is -0.271 e. The van der Waals surface area contributed by atoms with E-state index in [0.717, 1.165) is 0 Å². The average Bonchev–Trinajstić information content (AvgIpc) is 2.45. The maximum atomic E-state index is 13.0. The standard InChI is InChI=1S/C14H11ClFN3O2/c1-9(11-7-6-10(16)8-12(11)15)17-18-13-4-2-3-5-14(13)19(20)21/h2-8,18H,1H3/b17-9-. The number of benzene rings is 2. The number of rotatable bonds is 4. The van der Waals surface area contributed by atoms with Gasteiger partial charge in [-0.15, -0.1) is 0 Å². The summed E-state index contributed by atoms with van der Waals surface area (Å²) in [5.74, 6) is -0.441. The molecule has 7 heteroatoms. The number of anilines is 1. The molecule has 0 bridgehead atoms. The fourth-order valence-electron chi connectivity index (χ4n) is 1.71. The molecule has 0 amide bonds.